The van der Waals surface area contributed by atoms with Crippen LogP contribution in [0.3, 0.4) is 0 Å². The van der Waals surface area contributed by atoms with Crippen molar-refractivity contribution < 1.29 is 9.15 Å². The summed E-state index contributed by atoms with van der Waals surface area (Å²) in [5, 5.41) is 3.43. The lowest BCUT2D eigenvalue weighted by Gasteiger charge is -2.37. The number of fused-ring (bicyclic) bond motifs is 1. The summed E-state index contributed by atoms with van der Waals surface area (Å²) >= 11 is 0. The van der Waals surface area contributed by atoms with Crippen molar-refractivity contribution in [3.63, 3.8) is 0 Å². The molecule has 2 fully saturated rings. The Morgan fingerprint density at radius 2 is 2.30 bits per heavy atom. The number of nitrogens with one attached hydrogen (secondary N) is 1. The number of nitrogens with zero attached hydrogens (tertiary/aromatic N) is 1. The van der Waals surface area contributed by atoms with E-state index in [1.54, 1.807) is 0 Å². The van der Waals surface area contributed by atoms with Crippen LogP contribution in [0, 0.1) is 0 Å². The molecule has 0 amide bonds. The third kappa shape index (κ3) is 3.08. The molecule has 2 heterocycles. The maximum absolute atomic E-state index is 5.88. The smallest absolute Gasteiger partial charge is 0.122 e. The average molecular weight is 278 g/mol. The molecular formula is C16H26N2O2. The van der Waals surface area contributed by atoms with Crippen molar-refractivity contribution in [3.8, 4) is 0 Å². The van der Waals surface area contributed by atoms with Crippen molar-refractivity contribution in [2.24, 2.45) is 0 Å². The highest BCUT2D eigenvalue weighted by Gasteiger charge is 2.36. The normalized spacial score (nSPS) is 27.1. The molecule has 1 aromatic heterocycles. The van der Waals surface area contributed by atoms with Crippen LogP contribution in [0.25, 0.3) is 0 Å². The minimum atomic E-state index is 0.466. The highest BCUT2D eigenvalue weighted by atomic mass is 16.5. The first-order chi connectivity index (χ1) is 9.74. The summed E-state index contributed by atoms with van der Waals surface area (Å²) in [5.74, 6) is 1.08. The summed E-state index contributed by atoms with van der Waals surface area (Å²) in [5.41, 5.74) is 1.32. The molecule has 1 aromatic rings. The summed E-state index contributed by atoms with van der Waals surface area (Å²) in [4.78, 5) is 2.59. The Balaban J connectivity index is 1.63. The van der Waals surface area contributed by atoms with Crippen LogP contribution in [-0.2, 0) is 17.8 Å². The van der Waals surface area contributed by atoms with Crippen molar-refractivity contribution in [3.05, 3.63) is 23.7 Å². The van der Waals surface area contributed by atoms with E-state index in [-0.39, 0.29) is 0 Å². The summed E-state index contributed by atoms with van der Waals surface area (Å²) in [7, 11) is 0. The van der Waals surface area contributed by atoms with Crippen molar-refractivity contribution in [2.75, 3.05) is 13.2 Å². The van der Waals surface area contributed by atoms with Crippen molar-refractivity contribution in [1.82, 2.24) is 10.2 Å². The quantitative estimate of drug-likeness (QED) is 0.898. The fourth-order valence-electron chi connectivity index (χ4n) is 3.38. The first kappa shape index (κ1) is 14.1. The van der Waals surface area contributed by atoms with Crippen molar-refractivity contribution >= 4 is 0 Å². The standard InChI is InChI=1S/C16H26N2O2/c1-12(2)17-10-16-13(6-8-19-16)11-18-7-9-20-15-5-3-4-14(15)18/h6,8,12,14-15,17H,3-5,7,9-11H2,1-2H3. The van der Waals surface area contributed by atoms with E-state index >= 15 is 0 Å². The van der Waals surface area contributed by atoms with Crippen LogP contribution in [0.2, 0.25) is 0 Å². The van der Waals surface area contributed by atoms with E-state index in [1.165, 1.54) is 24.8 Å². The molecule has 2 unspecified atom stereocenters. The van der Waals surface area contributed by atoms with Crippen LogP contribution in [-0.4, -0.2) is 36.2 Å². The molecule has 4 heteroatoms. The van der Waals surface area contributed by atoms with Crippen LogP contribution in [0.4, 0.5) is 0 Å². The van der Waals surface area contributed by atoms with Crippen molar-refractivity contribution in [2.45, 2.75) is 64.4 Å². The number of rotatable bonds is 5. The topological polar surface area (TPSA) is 37.6 Å². The highest BCUT2D eigenvalue weighted by molar-refractivity contribution is 5.17. The molecule has 0 radical (unpaired) electrons. The summed E-state index contributed by atoms with van der Waals surface area (Å²) in [6.07, 6.45) is 6.10. The van der Waals surface area contributed by atoms with Crippen LogP contribution in [0.5, 0.6) is 0 Å². The largest absolute Gasteiger partial charge is 0.468 e. The van der Waals surface area contributed by atoms with Crippen LogP contribution in [0.1, 0.15) is 44.4 Å². The Morgan fingerprint density at radius 3 is 3.15 bits per heavy atom. The van der Waals surface area contributed by atoms with E-state index < -0.39 is 0 Å². The Labute approximate surface area is 121 Å². The molecule has 2 aliphatic rings. The van der Waals surface area contributed by atoms with Gasteiger partial charge in [0.2, 0.25) is 0 Å². The van der Waals surface area contributed by atoms with Gasteiger partial charge in [-0.1, -0.05) is 13.8 Å². The van der Waals surface area contributed by atoms with Gasteiger partial charge < -0.3 is 14.5 Å². The van der Waals surface area contributed by atoms with Gasteiger partial charge in [0, 0.05) is 30.7 Å². The minimum Gasteiger partial charge on any atom is -0.468 e. The highest BCUT2D eigenvalue weighted by Crippen LogP contribution is 2.31. The minimum absolute atomic E-state index is 0.466. The van der Waals surface area contributed by atoms with E-state index in [9.17, 15) is 0 Å². The molecule has 2 atom stereocenters. The molecule has 1 aliphatic carbocycles. The molecule has 20 heavy (non-hydrogen) atoms. The molecule has 3 rings (SSSR count). The second kappa shape index (κ2) is 6.29. The third-order valence-electron chi connectivity index (χ3n) is 4.48. The van der Waals surface area contributed by atoms with Crippen LogP contribution >= 0.6 is 0 Å². The van der Waals surface area contributed by atoms with Gasteiger partial charge in [-0.05, 0) is 25.3 Å². The zero-order chi connectivity index (χ0) is 13.9. The van der Waals surface area contributed by atoms with Gasteiger partial charge in [-0.25, -0.2) is 0 Å². The van der Waals surface area contributed by atoms with E-state index in [0.717, 1.165) is 32.0 Å². The predicted molar refractivity (Wildman–Crippen MR) is 78.5 cm³/mol. The zero-order valence-corrected chi connectivity index (χ0v) is 12.6. The lowest BCUT2D eigenvalue weighted by Crippen LogP contribution is -2.47. The van der Waals surface area contributed by atoms with E-state index in [4.69, 9.17) is 9.15 Å². The van der Waals surface area contributed by atoms with Crippen molar-refractivity contribution in [1.29, 1.82) is 0 Å². The molecule has 0 spiro atoms. The van der Waals surface area contributed by atoms with Gasteiger partial charge in [0.25, 0.3) is 0 Å². The maximum Gasteiger partial charge on any atom is 0.122 e. The lowest BCUT2D eigenvalue weighted by atomic mass is 10.1. The van der Waals surface area contributed by atoms with Crippen LogP contribution < -0.4 is 5.32 Å². The Kier molecular flexibility index (Phi) is 4.44. The molecule has 1 aliphatic heterocycles. The summed E-state index contributed by atoms with van der Waals surface area (Å²) < 4.78 is 11.5. The number of furan rings is 1. The fourth-order valence-corrected chi connectivity index (χ4v) is 3.38. The number of hydrogen-bond acceptors (Lipinski definition) is 4. The van der Waals surface area contributed by atoms with Gasteiger partial charge in [-0.2, -0.15) is 0 Å². The molecule has 0 bridgehead atoms. The number of ether oxygens (including phenoxy) is 1. The maximum atomic E-state index is 5.88. The third-order valence-corrected chi connectivity index (χ3v) is 4.48. The Morgan fingerprint density at radius 1 is 1.40 bits per heavy atom. The first-order valence-electron chi connectivity index (χ1n) is 7.88. The van der Waals surface area contributed by atoms with Gasteiger partial charge in [0.15, 0.2) is 0 Å². The Bertz CT molecular complexity index is 430. The fraction of sp³-hybridized carbons (Fsp3) is 0.750. The van der Waals surface area contributed by atoms with Crippen LogP contribution in [0.15, 0.2) is 16.7 Å². The second-order valence-corrected chi connectivity index (χ2v) is 6.28. The van der Waals surface area contributed by atoms with E-state index in [2.05, 4.69) is 30.1 Å². The molecule has 1 saturated heterocycles. The molecule has 1 saturated carbocycles. The predicted octanol–water partition coefficient (Wildman–Crippen LogP) is 2.53. The molecule has 1 N–H and O–H groups in total. The summed E-state index contributed by atoms with van der Waals surface area (Å²) in [6.45, 7) is 8.05. The zero-order valence-electron chi connectivity index (χ0n) is 12.6. The van der Waals surface area contributed by atoms with Gasteiger partial charge in [-0.3, -0.25) is 4.90 Å². The molecule has 0 aromatic carbocycles. The number of hydrogen-bond donors (Lipinski definition) is 1. The Hall–Kier alpha value is -0.840. The van der Waals surface area contributed by atoms with Gasteiger partial charge >= 0.3 is 0 Å². The SMILES string of the molecule is CC(C)NCc1occc1CN1CCOC2CCCC21. The van der Waals surface area contributed by atoms with E-state index in [0.29, 0.717) is 18.2 Å². The average Bonchev–Trinajstić information content (AvgIpc) is 3.05. The van der Waals surface area contributed by atoms with Gasteiger partial charge in [0.05, 0.1) is 25.5 Å². The lowest BCUT2D eigenvalue weighted by molar-refractivity contribution is -0.0589. The van der Waals surface area contributed by atoms with Gasteiger partial charge in [0.1, 0.15) is 5.76 Å². The van der Waals surface area contributed by atoms with E-state index in [1.807, 2.05) is 6.26 Å². The summed E-state index contributed by atoms with van der Waals surface area (Å²) in [6, 6.07) is 3.22. The monoisotopic (exact) mass is 278 g/mol. The first-order valence-corrected chi connectivity index (χ1v) is 7.88. The molecule has 4 nitrogen and oxygen atoms in total. The number of morpholine rings is 1. The molecule has 112 valence electrons. The van der Waals surface area contributed by atoms with Gasteiger partial charge in [-0.15, -0.1) is 0 Å². The molecular weight excluding hydrogens is 252 g/mol. The second-order valence-electron chi connectivity index (χ2n) is 6.28.